The first-order chi connectivity index (χ1) is 11.4. The third-order valence-electron chi connectivity index (χ3n) is 4.00. The summed E-state index contributed by atoms with van der Waals surface area (Å²) in [4.78, 5) is 4.31. The Hall–Kier alpha value is -1.60. The van der Waals surface area contributed by atoms with Crippen molar-refractivity contribution in [3.8, 4) is 0 Å². The molecule has 0 saturated heterocycles. The first kappa shape index (κ1) is 20.4. The molecule has 1 aromatic carbocycles. The lowest BCUT2D eigenvalue weighted by Gasteiger charge is -2.16. The van der Waals surface area contributed by atoms with Gasteiger partial charge in [0.15, 0.2) is 5.96 Å². The van der Waals surface area contributed by atoms with Crippen LogP contribution in [0.3, 0.4) is 0 Å². The van der Waals surface area contributed by atoms with Gasteiger partial charge < -0.3 is 11.1 Å². The lowest BCUT2D eigenvalue weighted by molar-refractivity contribution is 0.465. The van der Waals surface area contributed by atoms with E-state index in [9.17, 15) is 8.42 Å². The topological polar surface area (TPSA) is 87.8 Å². The average Bonchev–Trinajstić information content (AvgIpc) is 2.58. The molecule has 6 nitrogen and oxygen atoms in total. The standard InChI is InChI=1S/C17H30N4O2S/c1-5-14-10-8-11-15(6-2)16(14)20-17(18)19-12-9-13-21(4)24(22,23)7-3/h8,10-11H,5-7,9,12-13H2,1-4H3,(H3,18,19,20). The number of hydrogen-bond acceptors (Lipinski definition) is 3. The summed E-state index contributed by atoms with van der Waals surface area (Å²) in [5, 5.41) is 3.21. The Morgan fingerprint density at radius 1 is 1.21 bits per heavy atom. The SMILES string of the molecule is CCc1cccc(CC)c1NC(N)=NCCCN(C)S(=O)(=O)CC. The van der Waals surface area contributed by atoms with E-state index in [0.717, 1.165) is 18.5 Å². The summed E-state index contributed by atoms with van der Waals surface area (Å²) in [5.41, 5.74) is 9.44. The molecule has 136 valence electrons. The summed E-state index contributed by atoms with van der Waals surface area (Å²) < 4.78 is 24.7. The van der Waals surface area contributed by atoms with Crippen LogP contribution < -0.4 is 11.1 Å². The lowest BCUT2D eigenvalue weighted by atomic mass is 10.0. The van der Waals surface area contributed by atoms with Crippen LogP contribution in [0.1, 0.15) is 38.3 Å². The highest BCUT2D eigenvalue weighted by Gasteiger charge is 2.13. The van der Waals surface area contributed by atoms with E-state index in [-0.39, 0.29) is 5.75 Å². The van der Waals surface area contributed by atoms with Crippen molar-refractivity contribution in [2.75, 3.05) is 31.2 Å². The van der Waals surface area contributed by atoms with Gasteiger partial charge in [0.2, 0.25) is 10.0 Å². The molecule has 7 heteroatoms. The predicted octanol–water partition coefficient (Wildman–Crippen LogP) is 2.21. The number of nitrogens with two attached hydrogens (primary N) is 1. The molecule has 0 spiro atoms. The second-order valence-electron chi connectivity index (χ2n) is 5.63. The minimum atomic E-state index is -3.13. The molecule has 3 N–H and O–H groups in total. The van der Waals surface area contributed by atoms with Crippen LogP contribution >= 0.6 is 0 Å². The van der Waals surface area contributed by atoms with Crippen molar-refractivity contribution in [2.45, 2.75) is 40.0 Å². The average molecular weight is 355 g/mol. The minimum Gasteiger partial charge on any atom is -0.370 e. The number of nitrogens with one attached hydrogen (secondary N) is 1. The molecule has 1 rings (SSSR count). The number of guanidine groups is 1. The van der Waals surface area contributed by atoms with E-state index < -0.39 is 10.0 Å². The van der Waals surface area contributed by atoms with Crippen LogP contribution in [0, 0.1) is 0 Å². The molecule has 0 amide bonds. The molecule has 0 bridgehead atoms. The van der Waals surface area contributed by atoms with E-state index in [4.69, 9.17) is 5.73 Å². The fraction of sp³-hybridized carbons (Fsp3) is 0.588. The van der Waals surface area contributed by atoms with Gasteiger partial charge in [0, 0.05) is 25.8 Å². The molecule has 0 aliphatic carbocycles. The van der Waals surface area contributed by atoms with Crippen molar-refractivity contribution in [1.29, 1.82) is 0 Å². The van der Waals surface area contributed by atoms with Crippen LogP contribution in [0.4, 0.5) is 5.69 Å². The summed E-state index contributed by atoms with van der Waals surface area (Å²) in [6.07, 6.45) is 2.47. The van der Waals surface area contributed by atoms with Crippen LogP contribution in [0.5, 0.6) is 0 Å². The normalized spacial score (nSPS) is 12.6. The number of sulfonamides is 1. The highest BCUT2D eigenvalue weighted by molar-refractivity contribution is 7.89. The maximum absolute atomic E-state index is 11.7. The number of nitrogens with zero attached hydrogens (tertiary/aromatic N) is 2. The highest BCUT2D eigenvalue weighted by atomic mass is 32.2. The van der Waals surface area contributed by atoms with Gasteiger partial charge in [-0.3, -0.25) is 4.99 Å². The van der Waals surface area contributed by atoms with E-state index in [2.05, 4.69) is 42.4 Å². The second kappa shape index (κ2) is 9.64. The molecule has 0 heterocycles. The zero-order valence-electron chi connectivity index (χ0n) is 15.2. The van der Waals surface area contributed by atoms with Gasteiger partial charge in [-0.15, -0.1) is 0 Å². The molecule has 24 heavy (non-hydrogen) atoms. The third-order valence-corrected chi connectivity index (χ3v) is 5.87. The number of aryl methyl sites for hydroxylation is 2. The fourth-order valence-electron chi connectivity index (χ4n) is 2.42. The second-order valence-corrected chi connectivity index (χ2v) is 7.99. The molecule has 0 aliphatic heterocycles. The van der Waals surface area contributed by atoms with E-state index in [0.29, 0.717) is 25.5 Å². The maximum Gasteiger partial charge on any atom is 0.213 e. The molecule has 0 radical (unpaired) electrons. The number of hydrogen-bond donors (Lipinski definition) is 2. The van der Waals surface area contributed by atoms with Crippen LogP contribution in [-0.4, -0.2) is 44.6 Å². The van der Waals surface area contributed by atoms with Crippen molar-refractivity contribution < 1.29 is 8.42 Å². The fourth-order valence-corrected chi connectivity index (χ4v) is 3.27. The Morgan fingerprint density at radius 3 is 2.29 bits per heavy atom. The van der Waals surface area contributed by atoms with Crippen molar-refractivity contribution in [3.05, 3.63) is 29.3 Å². The molecule has 0 fully saturated rings. The Kier molecular flexibility index (Phi) is 8.21. The van der Waals surface area contributed by atoms with Crippen molar-refractivity contribution in [2.24, 2.45) is 10.7 Å². The molecule has 0 unspecified atom stereocenters. The summed E-state index contributed by atoms with van der Waals surface area (Å²) in [7, 11) is -1.54. The van der Waals surface area contributed by atoms with Gasteiger partial charge in [0.05, 0.1) is 5.75 Å². The summed E-state index contributed by atoms with van der Waals surface area (Å²) in [5.74, 6) is 0.482. The van der Waals surface area contributed by atoms with E-state index >= 15 is 0 Å². The minimum absolute atomic E-state index is 0.115. The van der Waals surface area contributed by atoms with Crippen molar-refractivity contribution in [1.82, 2.24) is 4.31 Å². The van der Waals surface area contributed by atoms with E-state index in [1.165, 1.54) is 15.4 Å². The van der Waals surface area contributed by atoms with Crippen LogP contribution in [0.2, 0.25) is 0 Å². The van der Waals surface area contributed by atoms with Gasteiger partial charge in [-0.05, 0) is 37.3 Å². The van der Waals surface area contributed by atoms with Crippen molar-refractivity contribution >= 4 is 21.7 Å². The summed E-state index contributed by atoms with van der Waals surface area (Å²) >= 11 is 0. The quantitative estimate of drug-likeness (QED) is 0.404. The maximum atomic E-state index is 11.7. The van der Waals surface area contributed by atoms with Crippen LogP contribution in [0.15, 0.2) is 23.2 Å². The molecule has 0 saturated carbocycles. The number of benzene rings is 1. The summed E-state index contributed by atoms with van der Waals surface area (Å²) in [6.45, 7) is 6.79. The monoisotopic (exact) mass is 354 g/mol. The van der Waals surface area contributed by atoms with Gasteiger partial charge in [0.1, 0.15) is 0 Å². The van der Waals surface area contributed by atoms with Gasteiger partial charge >= 0.3 is 0 Å². The van der Waals surface area contributed by atoms with Crippen LogP contribution in [-0.2, 0) is 22.9 Å². The van der Waals surface area contributed by atoms with E-state index in [1.807, 2.05) is 0 Å². The first-order valence-electron chi connectivity index (χ1n) is 8.47. The molecule has 0 aliphatic rings. The third kappa shape index (κ3) is 5.79. The first-order valence-corrected chi connectivity index (χ1v) is 10.1. The summed E-state index contributed by atoms with van der Waals surface area (Å²) in [6, 6.07) is 6.22. The molecule has 1 aromatic rings. The predicted molar refractivity (Wildman–Crippen MR) is 102 cm³/mol. The van der Waals surface area contributed by atoms with Crippen LogP contribution in [0.25, 0.3) is 0 Å². The zero-order valence-corrected chi connectivity index (χ0v) is 16.0. The molecule has 0 aromatic heterocycles. The lowest BCUT2D eigenvalue weighted by Crippen LogP contribution is -2.30. The largest absolute Gasteiger partial charge is 0.370 e. The van der Waals surface area contributed by atoms with E-state index in [1.54, 1.807) is 14.0 Å². The van der Waals surface area contributed by atoms with Gasteiger partial charge in [-0.1, -0.05) is 32.0 Å². The van der Waals surface area contributed by atoms with Crippen molar-refractivity contribution in [3.63, 3.8) is 0 Å². The highest BCUT2D eigenvalue weighted by Crippen LogP contribution is 2.22. The smallest absolute Gasteiger partial charge is 0.213 e. The Bertz CT molecular complexity index is 634. The molecular weight excluding hydrogens is 324 g/mol. The number of rotatable bonds is 9. The Balaban J connectivity index is 2.63. The molecular formula is C17H30N4O2S. The van der Waals surface area contributed by atoms with Gasteiger partial charge in [-0.25, -0.2) is 12.7 Å². The van der Waals surface area contributed by atoms with Gasteiger partial charge in [-0.2, -0.15) is 0 Å². The number of anilines is 1. The number of aliphatic imine (C=N–C) groups is 1. The van der Waals surface area contributed by atoms with Gasteiger partial charge in [0.25, 0.3) is 0 Å². The number of para-hydroxylation sites is 1. The zero-order chi connectivity index (χ0) is 18.2. The molecule has 0 atom stereocenters. The Labute approximate surface area is 146 Å². The Morgan fingerprint density at radius 2 is 1.79 bits per heavy atom.